The van der Waals surface area contributed by atoms with E-state index in [-0.39, 0.29) is 12.5 Å². The summed E-state index contributed by atoms with van der Waals surface area (Å²) in [5, 5.41) is 8.01. The summed E-state index contributed by atoms with van der Waals surface area (Å²) in [6, 6.07) is 5.45. The maximum atomic E-state index is 12.8. The number of hydrogen-bond donors (Lipinski definition) is 0. The normalized spacial score (nSPS) is 11.0. The molecule has 7 heteroatoms. The average Bonchev–Trinajstić information content (AvgIpc) is 3.27. The van der Waals surface area contributed by atoms with Crippen molar-refractivity contribution in [3.05, 3.63) is 45.7 Å². The van der Waals surface area contributed by atoms with Gasteiger partial charge in [0.25, 0.3) is 11.8 Å². The number of carbonyl (C=O) groups excluding carboxylic acids is 1. The van der Waals surface area contributed by atoms with Crippen molar-refractivity contribution in [3.8, 4) is 11.7 Å². The van der Waals surface area contributed by atoms with Gasteiger partial charge in [0.15, 0.2) is 5.76 Å². The van der Waals surface area contributed by atoms with Crippen molar-refractivity contribution in [3.63, 3.8) is 0 Å². The molecule has 3 heterocycles. The maximum absolute atomic E-state index is 12.8. The summed E-state index contributed by atoms with van der Waals surface area (Å²) in [4.78, 5) is 16.7. The van der Waals surface area contributed by atoms with Crippen molar-refractivity contribution in [2.45, 2.75) is 33.7 Å². The Labute approximate surface area is 144 Å². The third kappa shape index (κ3) is 3.41. The molecule has 6 nitrogen and oxygen atoms in total. The van der Waals surface area contributed by atoms with Crippen LogP contribution in [0.15, 0.2) is 33.3 Å². The Morgan fingerprint density at radius 3 is 2.79 bits per heavy atom. The highest BCUT2D eigenvalue weighted by Gasteiger charge is 2.21. The lowest BCUT2D eigenvalue weighted by atomic mass is 10.2. The monoisotopic (exact) mass is 345 g/mol. The molecule has 0 aromatic carbocycles. The van der Waals surface area contributed by atoms with Crippen molar-refractivity contribution in [1.82, 2.24) is 15.1 Å². The second-order valence-electron chi connectivity index (χ2n) is 5.53. The lowest BCUT2D eigenvalue weighted by molar-refractivity contribution is 0.0728. The van der Waals surface area contributed by atoms with Crippen LogP contribution in [0.1, 0.15) is 39.3 Å². The van der Waals surface area contributed by atoms with Gasteiger partial charge in [0, 0.05) is 16.3 Å². The molecule has 0 saturated carbocycles. The molecule has 0 radical (unpaired) electrons. The van der Waals surface area contributed by atoms with Gasteiger partial charge in [-0.2, -0.15) is 0 Å². The SMILES string of the molecule is CCCN(Cc1nnc(-c2ccco2)o1)C(=O)c1cc(C)sc1C. The first-order valence-corrected chi connectivity index (χ1v) is 8.62. The molecule has 0 fully saturated rings. The molecule has 0 aliphatic carbocycles. The first-order valence-electron chi connectivity index (χ1n) is 7.81. The number of aryl methyl sites for hydroxylation is 2. The molecule has 0 spiro atoms. The second kappa shape index (κ2) is 7.00. The Kier molecular flexibility index (Phi) is 4.80. The van der Waals surface area contributed by atoms with Gasteiger partial charge in [0.1, 0.15) is 0 Å². The first-order chi connectivity index (χ1) is 11.6. The number of amides is 1. The van der Waals surface area contributed by atoms with E-state index in [1.165, 1.54) is 0 Å². The molecule has 3 aromatic rings. The molecule has 0 bridgehead atoms. The molecule has 24 heavy (non-hydrogen) atoms. The first kappa shape index (κ1) is 16.4. The average molecular weight is 345 g/mol. The van der Waals surface area contributed by atoms with Crippen LogP contribution in [0.2, 0.25) is 0 Å². The summed E-state index contributed by atoms with van der Waals surface area (Å²) >= 11 is 1.63. The number of rotatable bonds is 6. The molecule has 0 N–H and O–H groups in total. The van der Waals surface area contributed by atoms with E-state index in [1.54, 1.807) is 34.6 Å². The fraction of sp³-hybridized carbons (Fsp3) is 0.353. The predicted octanol–water partition coefficient (Wildman–Crippen LogP) is 4.06. The summed E-state index contributed by atoms with van der Waals surface area (Å²) in [5.74, 6) is 1.23. The highest BCUT2D eigenvalue weighted by atomic mass is 32.1. The van der Waals surface area contributed by atoms with Gasteiger partial charge in [-0.3, -0.25) is 4.79 Å². The van der Waals surface area contributed by atoms with Crippen molar-refractivity contribution < 1.29 is 13.6 Å². The number of furan rings is 1. The summed E-state index contributed by atoms with van der Waals surface area (Å²) in [6.45, 7) is 6.93. The number of thiophene rings is 1. The van der Waals surface area contributed by atoms with Crippen LogP contribution in [-0.2, 0) is 6.54 Å². The minimum absolute atomic E-state index is 0.00329. The standard InChI is InChI=1S/C17H19N3O3S/c1-4-7-20(17(21)13-9-11(2)24-12(13)3)10-15-18-19-16(23-15)14-6-5-8-22-14/h5-6,8-9H,4,7,10H2,1-3H3. The van der Waals surface area contributed by atoms with E-state index >= 15 is 0 Å². The van der Waals surface area contributed by atoms with E-state index in [2.05, 4.69) is 10.2 Å². The third-order valence-electron chi connectivity index (χ3n) is 3.58. The van der Waals surface area contributed by atoms with Crippen molar-refractivity contribution >= 4 is 17.2 Å². The Balaban J connectivity index is 1.79. The van der Waals surface area contributed by atoms with Gasteiger partial charge in [-0.1, -0.05) is 6.92 Å². The van der Waals surface area contributed by atoms with Crippen LogP contribution >= 0.6 is 11.3 Å². The van der Waals surface area contributed by atoms with Gasteiger partial charge in [-0.25, -0.2) is 0 Å². The van der Waals surface area contributed by atoms with Crippen LogP contribution in [0.25, 0.3) is 11.7 Å². The highest BCUT2D eigenvalue weighted by molar-refractivity contribution is 7.12. The predicted molar refractivity (Wildman–Crippen MR) is 90.8 cm³/mol. The van der Waals surface area contributed by atoms with Crippen molar-refractivity contribution in [2.75, 3.05) is 6.54 Å². The second-order valence-corrected chi connectivity index (χ2v) is 6.99. The minimum Gasteiger partial charge on any atom is -0.459 e. The Hall–Kier alpha value is -2.41. The fourth-order valence-electron chi connectivity index (χ4n) is 2.52. The summed E-state index contributed by atoms with van der Waals surface area (Å²) in [6.07, 6.45) is 2.40. The van der Waals surface area contributed by atoms with E-state index < -0.39 is 0 Å². The van der Waals surface area contributed by atoms with Crippen LogP contribution in [0, 0.1) is 13.8 Å². The molecule has 3 aromatic heterocycles. The molecule has 0 atom stereocenters. The van der Waals surface area contributed by atoms with Gasteiger partial charge >= 0.3 is 0 Å². The third-order valence-corrected chi connectivity index (χ3v) is 4.54. The molecule has 0 unspecified atom stereocenters. The molecule has 126 valence electrons. The van der Waals surface area contributed by atoms with Crippen LogP contribution in [0.4, 0.5) is 0 Å². The van der Waals surface area contributed by atoms with E-state index in [0.717, 1.165) is 21.7 Å². The highest BCUT2D eigenvalue weighted by Crippen LogP contribution is 2.23. The summed E-state index contributed by atoms with van der Waals surface area (Å²) < 4.78 is 10.9. The Morgan fingerprint density at radius 1 is 1.33 bits per heavy atom. The number of carbonyl (C=O) groups is 1. The minimum atomic E-state index is -0.00329. The van der Waals surface area contributed by atoms with Gasteiger partial charge in [0.2, 0.25) is 5.89 Å². The van der Waals surface area contributed by atoms with E-state index in [1.807, 2.05) is 26.8 Å². The maximum Gasteiger partial charge on any atom is 0.283 e. The van der Waals surface area contributed by atoms with E-state index in [9.17, 15) is 4.79 Å². The molecular weight excluding hydrogens is 326 g/mol. The van der Waals surface area contributed by atoms with Gasteiger partial charge < -0.3 is 13.7 Å². The molecule has 0 aliphatic rings. The van der Waals surface area contributed by atoms with Crippen LogP contribution in [0.3, 0.4) is 0 Å². The fourth-order valence-corrected chi connectivity index (χ4v) is 3.43. The van der Waals surface area contributed by atoms with Crippen molar-refractivity contribution in [1.29, 1.82) is 0 Å². The van der Waals surface area contributed by atoms with Crippen LogP contribution < -0.4 is 0 Å². The Morgan fingerprint density at radius 2 is 2.17 bits per heavy atom. The topological polar surface area (TPSA) is 72.4 Å². The molecular formula is C17H19N3O3S. The van der Waals surface area contributed by atoms with Gasteiger partial charge in [0.05, 0.1) is 18.4 Å². The van der Waals surface area contributed by atoms with Crippen LogP contribution in [0.5, 0.6) is 0 Å². The zero-order valence-electron chi connectivity index (χ0n) is 13.9. The molecule has 0 aliphatic heterocycles. The Bertz CT molecular complexity index is 820. The van der Waals surface area contributed by atoms with E-state index in [4.69, 9.17) is 8.83 Å². The van der Waals surface area contributed by atoms with Gasteiger partial charge in [-0.15, -0.1) is 21.5 Å². The lowest BCUT2D eigenvalue weighted by Gasteiger charge is -2.20. The summed E-state index contributed by atoms with van der Waals surface area (Å²) in [5.41, 5.74) is 0.747. The molecule has 0 saturated heterocycles. The lowest BCUT2D eigenvalue weighted by Crippen LogP contribution is -2.31. The summed E-state index contributed by atoms with van der Waals surface area (Å²) in [7, 11) is 0. The number of hydrogen-bond acceptors (Lipinski definition) is 6. The van der Waals surface area contributed by atoms with Crippen molar-refractivity contribution in [2.24, 2.45) is 0 Å². The smallest absolute Gasteiger partial charge is 0.283 e. The largest absolute Gasteiger partial charge is 0.459 e. The number of nitrogens with zero attached hydrogens (tertiary/aromatic N) is 3. The molecule has 3 rings (SSSR count). The zero-order valence-corrected chi connectivity index (χ0v) is 14.7. The number of aromatic nitrogens is 2. The quantitative estimate of drug-likeness (QED) is 0.673. The van der Waals surface area contributed by atoms with E-state index in [0.29, 0.717) is 24.1 Å². The molecule has 1 amide bonds. The van der Waals surface area contributed by atoms with Crippen LogP contribution in [-0.4, -0.2) is 27.5 Å². The zero-order chi connectivity index (χ0) is 17.1. The van der Waals surface area contributed by atoms with Gasteiger partial charge in [-0.05, 0) is 38.5 Å².